The van der Waals surface area contributed by atoms with Crippen molar-refractivity contribution in [3.8, 4) is 0 Å². The monoisotopic (exact) mass is 240 g/mol. The van der Waals surface area contributed by atoms with Gasteiger partial charge in [0, 0.05) is 18.4 Å². The first kappa shape index (κ1) is 12.2. The van der Waals surface area contributed by atoms with E-state index in [9.17, 15) is 4.79 Å². The van der Waals surface area contributed by atoms with Gasteiger partial charge < -0.3 is 10.6 Å². The van der Waals surface area contributed by atoms with Crippen molar-refractivity contribution in [1.82, 2.24) is 0 Å². The van der Waals surface area contributed by atoms with E-state index in [1.165, 1.54) is 0 Å². The molecule has 0 saturated heterocycles. The zero-order valence-electron chi connectivity index (χ0n) is 10.3. The first-order chi connectivity index (χ1) is 8.78. The number of hydrogen-bond acceptors (Lipinski definition) is 2. The van der Waals surface area contributed by atoms with Crippen molar-refractivity contribution >= 4 is 17.3 Å². The summed E-state index contributed by atoms with van der Waals surface area (Å²) >= 11 is 0. The van der Waals surface area contributed by atoms with E-state index in [2.05, 4.69) is 10.6 Å². The van der Waals surface area contributed by atoms with Gasteiger partial charge >= 0.3 is 0 Å². The van der Waals surface area contributed by atoms with Gasteiger partial charge in [0.25, 0.3) is 0 Å². The van der Waals surface area contributed by atoms with Crippen LogP contribution in [0.3, 0.4) is 0 Å². The number of carbonyl (C=O) groups is 1. The summed E-state index contributed by atoms with van der Waals surface area (Å²) < 4.78 is 0. The maximum Gasteiger partial charge on any atom is 0.228 e. The van der Waals surface area contributed by atoms with Crippen molar-refractivity contribution in [2.75, 3.05) is 17.7 Å². The van der Waals surface area contributed by atoms with Gasteiger partial charge in [0.15, 0.2) is 0 Å². The Hall–Kier alpha value is -2.29. The quantitative estimate of drug-likeness (QED) is 0.862. The lowest BCUT2D eigenvalue weighted by molar-refractivity contribution is -0.115. The minimum absolute atomic E-state index is 0.00514. The molecule has 0 atom stereocenters. The van der Waals surface area contributed by atoms with Crippen LogP contribution in [-0.4, -0.2) is 13.0 Å². The van der Waals surface area contributed by atoms with E-state index in [0.29, 0.717) is 6.42 Å². The summed E-state index contributed by atoms with van der Waals surface area (Å²) in [7, 11) is 1.85. The predicted octanol–water partition coefficient (Wildman–Crippen LogP) is 2.91. The van der Waals surface area contributed by atoms with Gasteiger partial charge in [-0.3, -0.25) is 4.79 Å². The molecule has 0 bridgehead atoms. The van der Waals surface area contributed by atoms with E-state index in [4.69, 9.17) is 0 Å². The van der Waals surface area contributed by atoms with Gasteiger partial charge in [0.2, 0.25) is 5.91 Å². The van der Waals surface area contributed by atoms with Gasteiger partial charge in [-0.2, -0.15) is 0 Å². The number of nitrogens with one attached hydrogen (secondary N) is 2. The largest absolute Gasteiger partial charge is 0.388 e. The third kappa shape index (κ3) is 3.35. The summed E-state index contributed by atoms with van der Waals surface area (Å²) in [5.41, 5.74) is 2.80. The Bertz CT molecular complexity index is 523. The van der Waals surface area contributed by atoms with E-state index in [1.807, 2.05) is 61.6 Å². The maximum absolute atomic E-state index is 11.8. The summed E-state index contributed by atoms with van der Waals surface area (Å²) in [4.78, 5) is 11.8. The van der Waals surface area contributed by atoms with Gasteiger partial charge in [-0.05, 0) is 23.8 Å². The highest BCUT2D eigenvalue weighted by Gasteiger charge is 2.03. The van der Waals surface area contributed by atoms with Gasteiger partial charge in [-0.1, -0.05) is 36.4 Å². The second kappa shape index (κ2) is 5.87. The minimum Gasteiger partial charge on any atom is -0.388 e. The average Bonchev–Trinajstić information content (AvgIpc) is 2.40. The standard InChI is InChI=1S/C15H16N2O/c1-16-13-8-5-9-14(11-13)17-15(18)10-12-6-3-2-4-7-12/h2-9,11,16H,10H2,1H3,(H,17,18). The number of amides is 1. The molecule has 0 heterocycles. The third-order valence-corrected chi connectivity index (χ3v) is 2.64. The van der Waals surface area contributed by atoms with E-state index >= 15 is 0 Å². The molecule has 2 N–H and O–H groups in total. The molecule has 0 spiro atoms. The van der Waals surface area contributed by atoms with Gasteiger partial charge in [-0.25, -0.2) is 0 Å². The molecule has 3 nitrogen and oxygen atoms in total. The first-order valence-electron chi connectivity index (χ1n) is 5.89. The van der Waals surface area contributed by atoms with Crippen LogP contribution < -0.4 is 10.6 Å². The molecule has 0 aromatic heterocycles. The van der Waals surface area contributed by atoms with E-state index in [0.717, 1.165) is 16.9 Å². The van der Waals surface area contributed by atoms with Crippen molar-refractivity contribution in [2.45, 2.75) is 6.42 Å². The molecule has 2 rings (SSSR count). The van der Waals surface area contributed by atoms with Crippen molar-refractivity contribution < 1.29 is 4.79 Å². The summed E-state index contributed by atoms with van der Waals surface area (Å²) in [5.74, 6) is -0.00514. The minimum atomic E-state index is -0.00514. The molecule has 2 aromatic carbocycles. The van der Waals surface area contributed by atoms with Crippen molar-refractivity contribution in [2.24, 2.45) is 0 Å². The lowest BCUT2D eigenvalue weighted by atomic mass is 10.1. The van der Waals surface area contributed by atoms with Crippen LogP contribution in [-0.2, 0) is 11.2 Å². The maximum atomic E-state index is 11.8. The van der Waals surface area contributed by atoms with Crippen molar-refractivity contribution in [3.63, 3.8) is 0 Å². The smallest absolute Gasteiger partial charge is 0.228 e. The van der Waals surface area contributed by atoms with Crippen LogP contribution in [0.1, 0.15) is 5.56 Å². The molecule has 0 aliphatic rings. The highest BCUT2D eigenvalue weighted by molar-refractivity contribution is 5.92. The topological polar surface area (TPSA) is 41.1 Å². The zero-order chi connectivity index (χ0) is 12.8. The van der Waals surface area contributed by atoms with Crippen LogP contribution in [0.5, 0.6) is 0 Å². The Morgan fingerprint density at radius 2 is 1.72 bits per heavy atom. The molecule has 2 aromatic rings. The van der Waals surface area contributed by atoms with E-state index < -0.39 is 0 Å². The highest BCUT2D eigenvalue weighted by atomic mass is 16.1. The Morgan fingerprint density at radius 1 is 1.00 bits per heavy atom. The second-order valence-electron chi connectivity index (χ2n) is 4.04. The van der Waals surface area contributed by atoms with Gasteiger partial charge in [0.05, 0.1) is 6.42 Å². The molecule has 0 radical (unpaired) electrons. The zero-order valence-corrected chi connectivity index (χ0v) is 10.3. The molecular weight excluding hydrogens is 224 g/mol. The fourth-order valence-corrected chi connectivity index (χ4v) is 1.74. The fourth-order valence-electron chi connectivity index (χ4n) is 1.74. The van der Waals surface area contributed by atoms with Crippen molar-refractivity contribution in [1.29, 1.82) is 0 Å². The predicted molar refractivity (Wildman–Crippen MR) is 74.8 cm³/mol. The first-order valence-corrected chi connectivity index (χ1v) is 5.89. The molecule has 1 amide bonds. The van der Waals surface area contributed by atoms with Crippen LogP contribution in [0.15, 0.2) is 54.6 Å². The van der Waals surface area contributed by atoms with Crippen LogP contribution in [0.4, 0.5) is 11.4 Å². The van der Waals surface area contributed by atoms with Crippen LogP contribution >= 0.6 is 0 Å². The SMILES string of the molecule is CNc1cccc(NC(=O)Cc2ccccc2)c1. The van der Waals surface area contributed by atoms with Crippen LogP contribution in [0, 0.1) is 0 Å². The summed E-state index contributed by atoms with van der Waals surface area (Å²) in [6.45, 7) is 0. The number of benzene rings is 2. The number of rotatable bonds is 4. The van der Waals surface area contributed by atoms with Crippen molar-refractivity contribution in [3.05, 3.63) is 60.2 Å². The Morgan fingerprint density at radius 3 is 2.44 bits per heavy atom. The molecular formula is C15H16N2O. The average molecular weight is 240 g/mol. The lowest BCUT2D eigenvalue weighted by Gasteiger charge is -2.07. The molecule has 18 heavy (non-hydrogen) atoms. The van der Waals surface area contributed by atoms with E-state index in [-0.39, 0.29) is 5.91 Å². The highest BCUT2D eigenvalue weighted by Crippen LogP contribution is 2.14. The fraction of sp³-hybridized carbons (Fsp3) is 0.133. The molecule has 92 valence electrons. The van der Waals surface area contributed by atoms with E-state index in [1.54, 1.807) is 0 Å². The van der Waals surface area contributed by atoms with Crippen LogP contribution in [0.25, 0.3) is 0 Å². The molecule has 0 fully saturated rings. The molecule has 0 unspecified atom stereocenters. The lowest BCUT2D eigenvalue weighted by Crippen LogP contribution is -2.14. The summed E-state index contributed by atoms with van der Waals surface area (Å²) in [6, 6.07) is 17.4. The molecule has 0 aliphatic heterocycles. The van der Waals surface area contributed by atoms with Crippen LogP contribution in [0.2, 0.25) is 0 Å². The molecule has 3 heteroatoms. The molecule has 0 saturated carbocycles. The number of carbonyl (C=O) groups excluding carboxylic acids is 1. The third-order valence-electron chi connectivity index (χ3n) is 2.64. The Labute approximate surface area is 107 Å². The van der Waals surface area contributed by atoms with Gasteiger partial charge in [-0.15, -0.1) is 0 Å². The summed E-state index contributed by atoms with van der Waals surface area (Å²) in [6.07, 6.45) is 0.393. The Balaban J connectivity index is 1.99. The number of anilines is 2. The second-order valence-corrected chi connectivity index (χ2v) is 4.04. The number of hydrogen-bond donors (Lipinski definition) is 2. The molecule has 0 aliphatic carbocycles. The Kier molecular flexibility index (Phi) is 3.97. The summed E-state index contributed by atoms with van der Waals surface area (Å²) in [5, 5.41) is 5.93. The van der Waals surface area contributed by atoms with Gasteiger partial charge in [0.1, 0.15) is 0 Å². The normalized spacial score (nSPS) is 9.83.